The maximum atomic E-state index is 5.91. The molecule has 2 aromatic rings. The first-order chi connectivity index (χ1) is 8.11. The molecule has 0 saturated carbocycles. The molecular weight excluding hydrogens is 462 g/mol. The largest absolute Gasteiger partial charge is 0.383 e. The van der Waals surface area contributed by atoms with Crippen LogP contribution in [0.25, 0.3) is 10.8 Å². The van der Waals surface area contributed by atoms with Crippen LogP contribution < -0.4 is 5.73 Å². The summed E-state index contributed by atoms with van der Waals surface area (Å²) in [5, 5.41) is 0.829. The average molecular weight is 472 g/mol. The van der Waals surface area contributed by atoms with Crippen molar-refractivity contribution < 1.29 is 0 Å². The zero-order valence-corrected chi connectivity index (χ0v) is 14.2. The summed E-state index contributed by atoms with van der Waals surface area (Å²) in [5.74, 6) is 1.18. The summed E-state index contributed by atoms with van der Waals surface area (Å²) >= 11 is 6.01. The lowest BCUT2D eigenvalue weighted by molar-refractivity contribution is 0.869. The molecular formula is C10H10I2N4S. The number of aryl methyl sites for hydroxylation is 1. The SMILES string of the molecule is CCCc1nc(-c2ncc(I)s2)nc(N)c1I. The lowest BCUT2D eigenvalue weighted by atomic mass is 10.2. The van der Waals surface area contributed by atoms with E-state index < -0.39 is 0 Å². The third kappa shape index (κ3) is 3.05. The topological polar surface area (TPSA) is 64.7 Å². The molecule has 2 N–H and O–H groups in total. The minimum Gasteiger partial charge on any atom is -0.383 e. The molecule has 2 aromatic heterocycles. The first-order valence-electron chi connectivity index (χ1n) is 5.05. The van der Waals surface area contributed by atoms with E-state index in [1.807, 2.05) is 6.20 Å². The second kappa shape index (κ2) is 5.74. The molecule has 0 spiro atoms. The predicted molar refractivity (Wildman–Crippen MR) is 87.0 cm³/mol. The first-order valence-corrected chi connectivity index (χ1v) is 8.02. The Morgan fingerprint density at radius 1 is 1.35 bits per heavy atom. The summed E-state index contributed by atoms with van der Waals surface area (Å²) < 4.78 is 2.08. The molecule has 0 aliphatic heterocycles. The molecule has 0 saturated heterocycles. The number of hydrogen-bond acceptors (Lipinski definition) is 5. The number of halogens is 2. The maximum absolute atomic E-state index is 5.91. The Morgan fingerprint density at radius 3 is 2.71 bits per heavy atom. The van der Waals surface area contributed by atoms with Crippen molar-refractivity contribution in [2.45, 2.75) is 19.8 Å². The monoisotopic (exact) mass is 472 g/mol. The molecule has 0 aromatic carbocycles. The van der Waals surface area contributed by atoms with Crippen molar-refractivity contribution in [3.63, 3.8) is 0 Å². The van der Waals surface area contributed by atoms with Gasteiger partial charge >= 0.3 is 0 Å². The van der Waals surface area contributed by atoms with Crippen LogP contribution in [0.15, 0.2) is 6.20 Å². The predicted octanol–water partition coefficient (Wildman–Crippen LogP) is 3.34. The maximum Gasteiger partial charge on any atom is 0.191 e. The Bertz CT molecular complexity index is 541. The summed E-state index contributed by atoms with van der Waals surface area (Å²) in [7, 11) is 0. The van der Waals surface area contributed by atoms with E-state index in [2.05, 4.69) is 67.1 Å². The molecule has 0 aliphatic carbocycles. The van der Waals surface area contributed by atoms with Gasteiger partial charge < -0.3 is 5.73 Å². The second-order valence-electron chi connectivity index (χ2n) is 3.41. The van der Waals surface area contributed by atoms with Crippen molar-refractivity contribution in [2.75, 3.05) is 5.73 Å². The highest BCUT2D eigenvalue weighted by molar-refractivity contribution is 14.1. The molecule has 2 rings (SSSR count). The van der Waals surface area contributed by atoms with E-state index in [9.17, 15) is 0 Å². The van der Waals surface area contributed by atoms with Crippen molar-refractivity contribution in [1.82, 2.24) is 15.0 Å². The van der Waals surface area contributed by atoms with Crippen molar-refractivity contribution in [1.29, 1.82) is 0 Å². The number of thiazole rings is 1. The van der Waals surface area contributed by atoms with Crippen LogP contribution in [0.2, 0.25) is 0 Å². The Balaban J connectivity index is 2.48. The van der Waals surface area contributed by atoms with Crippen LogP contribution in [-0.4, -0.2) is 15.0 Å². The Kier molecular flexibility index (Phi) is 4.53. The molecule has 0 unspecified atom stereocenters. The normalized spacial score (nSPS) is 10.8. The molecule has 7 heteroatoms. The van der Waals surface area contributed by atoms with Gasteiger partial charge in [0.25, 0.3) is 0 Å². The fraction of sp³-hybridized carbons (Fsp3) is 0.300. The highest BCUT2D eigenvalue weighted by atomic mass is 127. The van der Waals surface area contributed by atoms with E-state index in [1.165, 1.54) is 0 Å². The van der Waals surface area contributed by atoms with Gasteiger partial charge in [0.1, 0.15) is 5.82 Å². The Morgan fingerprint density at radius 2 is 2.12 bits per heavy atom. The van der Waals surface area contributed by atoms with Crippen LogP contribution in [0.4, 0.5) is 5.82 Å². The molecule has 4 nitrogen and oxygen atoms in total. The van der Waals surface area contributed by atoms with Gasteiger partial charge in [-0.25, -0.2) is 15.0 Å². The molecule has 90 valence electrons. The summed E-state index contributed by atoms with van der Waals surface area (Å²) in [5.41, 5.74) is 6.93. The van der Waals surface area contributed by atoms with Crippen molar-refractivity contribution >= 4 is 62.3 Å². The van der Waals surface area contributed by atoms with Crippen LogP contribution in [0.3, 0.4) is 0 Å². The van der Waals surface area contributed by atoms with Gasteiger partial charge in [0.2, 0.25) is 0 Å². The van der Waals surface area contributed by atoms with Gasteiger partial charge in [-0.2, -0.15) is 0 Å². The van der Waals surface area contributed by atoms with Gasteiger partial charge in [0.15, 0.2) is 10.8 Å². The van der Waals surface area contributed by atoms with Gasteiger partial charge in [-0.05, 0) is 51.6 Å². The number of nitrogens with zero attached hydrogens (tertiary/aromatic N) is 3. The zero-order valence-electron chi connectivity index (χ0n) is 9.07. The third-order valence-corrected chi connectivity index (χ3v) is 5.00. The van der Waals surface area contributed by atoms with Crippen LogP contribution in [0.1, 0.15) is 19.0 Å². The van der Waals surface area contributed by atoms with Crippen LogP contribution >= 0.6 is 56.5 Å². The standard InChI is InChI=1S/C10H10I2N4S/c1-2-3-5-7(12)8(13)16-9(15-5)10-14-4-6(11)17-10/h4H,2-3H2,1H3,(H2,13,15,16). The minimum absolute atomic E-state index is 0.546. The summed E-state index contributed by atoms with van der Waals surface area (Å²) in [6, 6.07) is 0. The van der Waals surface area contributed by atoms with Gasteiger partial charge in [0.05, 0.1) is 18.3 Å². The van der Waals surface area contributed by atoms with Gasteiger partial charge in [-0.3, -0.25) is 0 Å². The smallest absolute Gasteiger partial charge is 0.191 e. The number of anilines is 1. The van der Waals surface area contributed by atoms with E-state index in [0.29, 0.717) is 11.6 Å². The summed E-state index contributed by atoms with van der Waals surface area (Å²) in [6.07, 6.45) is 3.78. The Hall–Kier alpha value is -0.0300. The summed E-state index contributed by atoms with van der Waals surface area (Å²) in [4.78, 5) is 13.1. The van der Waals surface area contributed by atoms with Crippen molar-refractivity contribution in [3.8, 4) is 10.8 Å². The van der Waals surface area contributed by atoms with Crippen molar-refractivity contribution in [2.24, 2.45) is 0 Å². The molecule has 0 aliphatic rings. The Labute approximate surface area is 131 Å². The van der Waals surface area contributed by atoms with Crippen LogP contribution in [0, 0.1) is 6.45 Å². The number of hydrogen-bond donors (Lipinski definition) is 1. The fourth-order valence-corrected chi connectivity index (χ4v) is 3.22. The minimum atomic E-state index is 0.546. The number of nitrogen functional groups attached to an aromatic ring is 1. The van der Waals surface area contributed by atoms with Gasteiger partial charge in [-0.1, -0.05) is 13.3 Å². The molecule has 2 heterocycles. The van der Waals surface area contributed by atoms with Gasteiger partial charge in [0, 0.05) is 0 Å². The van der Waals surface area contributed by atoms with Crippen LogP contribution in [-0.2, 0) is 6.42 Å². The van der Waals surface area contributed by atoms with E-state index >= 15 is 0 Å². The number of nitrogens with two attached hydrogens (primary N) is 1. The summed E-state index contributed by atoms with van der Waals surface area (Å²) in [6.45, 7) is 2.13. The lowest BCUT2D eigenvalue weighted by Crippen LogP contribution is -2.04. The second-order valence-corrected chi connectivity index (χ2v) is 7.42. The molecule has 0 amide bonds. The van der Waals surface area contributed by atoms with Crippen LogP contribution in [0.5, 0.6) is 0 Å². The molecule has 0 atom stereocenters. The fourth-order valence-electron chi connectivity index (χ4n) is 1.37. The molecule has 0 radical (unpaired) electrons. The van der Waals surface area contributed by atoms with E-state index in [-0.39, 0.29) is 0 Å². The quantitative estimate of drug-likeness (QED) is 0.697. The lowest BCUT2D eigenvalue weighted by Gasteiger charge is -2.06. The number of aromatic nitrogens is 3. The van der Waals surface area contributed by atoms with E-state index in [0.717, 1.165) is 30.0 Å². The molecule has 17 heavy (non-hydrogen) atoms. The van der Waals surface area contributed by atoms with E-state index in [1.54, 1.807) is 11.3 Å². The number of rotatable bonds is 3. The third-order valence-electron chi connectivity index (χ3n) is 2.10. The van der Waals surface area contributed by atoms with Gasteiger partial charge in [-0.15, -0.1) is 11.3 Å². The first kappa shape index (κ1) is 13.4. The van der Waals surface area contributed by atoms with Crippen molar-refractivity contribution in [3.05, 3.63) is 18.3 Å². The van der Waals surface area contributed by atoms with E-state index in [4.69, 9.17) is 5.73 Å². The average Bonchev–Trinajstić information content (AvgIpc) is 2.71. The molecule has 0 fully saturated rings. The zero-order chi connectivity index (χ0) is 12.4. The highest BCUT2D eigenvalue weighted by Gasteiger charge is 2.13. The highest BCUT2D eigenvalue weighted by Crippen LogP contribution is 2.26. The molecule has 0 bridgehead atoms.